The minimum Gasteiger partial charge on any atom is -0.497 e. The van der Waals surface area contributed by atoms with Gasteiger partial charge in [-0.1, -0.05) is 17.3 Å². The van der Waals surface area contributed by atoms with Crippen molar-refractivity contribution >= 4 is 27.6 Å². The number of hydrogen-bond acceptors (Lipinski definition) is 9. The quantitative estimate of drug-likeness (QED) is 0.455. The van der Waals surface area contributed by atoms with Crippen molar-refractivity contribution in [2.75, 3.05) is 19.0 Å². The number of rotatable bonds is 9. The van der Waals surface area contributed by atoms with Crippen molar-refractivity contribution in [3.63, 3.8) is 0 Å². The van der Waals surface area contributed by atoms with E-state index in [0.29, 0.717) is 22.8 Å². The van der Waals surface area contributed by atoms with Gasteiger partial charge in [0.15, 0.2) is 6.61 Å². The Morgan fingerprint density at radius 3 is 2.56 bits per heavy atom. The van der Waals surface area contributed by atoms with Crippen molar-refractivity contribution < 1.29 is 32.0 Å². The third-order valence-corrected chi connectivity index (χ3v) is 5.46. The fraction of sp³-hybridized carbons (Fsp3) is 0.200. The average Bonchev–Trinajstić information content (AvgIpc) is 3.25. The molecule has 0 fully saturated rings. The van der Waals surface area contributed by atoms with Gasteiger partial charge in [0.2, 0.25) is 21.8 Å². The number of hydrogen-bond donors (Lipinski definition) is 2. The van der Waals surface area contributed by atoms with Crippen molar-refractivity contribution in [2.45, 2.75) is 18.4 Å². The Hall–Kier alpha value is -3.77. The van der Waals surface area contributed by atoms with Crippen LogP contribution in [0.1, 0.15) is 12.8 Å². The fourth-order valence-electron chi connectivity index (χ4n) is 2.54. The van der Waals surface area contributed by atoms with E-state index in [2.05, 4.69) is 20.2 Å². The van der Waals surface area contributed by atoms with Gasteiger partial charge in [-0.3, -0.25) is 9.59 Å². The van der Waals surface area contributed by atoms with E-state index in [1.54, 1.807) is 24.3 Å². The molecule has 0 aliphatic carbocycles. The molecule has 0 atom stereocenters. The summed E-state index contributed by atoms with van der Waals surface area (Å²) in [4.78, 5) is 27.0. The summed E-state index contributed by atoms with van der Waals surface area (Å²) in [5, 5.41) is 6.35. The Balaban J connectivity index is 1.52. The molecule has 0 saturated carbocycles. The molecule has 1 aromatic heterocycles. The molecule has 3 aromatic rings. The molecule has 11 nitrogen and oxygen atoms in total. The van der Waals surface area contributed by atoms with Crippen LogP contribution in [0.3, 0.4) is 0 Å². The van der Waals surface area contributed by atoms with E-state index < -0.39 is 22.5 Å². The van der Waals surface area contributed by atoms with Crippen LogP contribution in [0.5, 0.6) is 5.75 Å². The molecule has 0 bridgehead atoms. The highest BCUT2D eigenvalue weighted by atomic mass is 32.2. The maximum atomic E-state index is 12.3. The van der Waals surface area contributed by atoms with Crippen molar-refractivity contribution in [2.24, 2.45) is 0 Å². The fourth-order valence-corrected chi connectivity index (χ4v) is 3.51. The lowest BCUT2D eigenvalue weighted by molar-refractivity contribution is -0.144. The zero-order valence-electron chi connectivity index (χ0n) is 17.2. The first kappa shape index (κ1) is 22.9. The summed E-state index contributed by atoms with van der Waals surface area (Å²) >= 11 is 0. The van der Waals surface area contributed by atoms with Crippen molar-refractivity contribution in [1.82, 2.24) is 14.9 Å². The smallest absolute Gasteiger partial charge is 0.321 e. The highest BCUT2D eigenvalue weighted by molar-refractivity contribution is 7.89. The number of amides is 1. The largest absolute Gasteiger partial charge is 0.497 e. The molecule has 1 amide bonds. The third-order valence-electron chi connectivity index (χ3n) is 4.04. The number of sulfonamides is 1. The van der Waals surface area contributed by atoms with Gasteiger partial charge < -0.3 is 19.3 Å². The highest BCUT2D eigenvalue weighted by Gasteiger charge is 2.17. The number of carbonyl (C=O) groups excluding carboxylic acids is 2. The van der Waals surface area contributed by atoms with Crippen LogP contribution < -0.4 is 14.8 Å². The minimum atomic E-state index is -3.95. The van der Waals surface area contributed by atoms with Crippen LogP contribution in [-0.4, -0.2) is 44.1 Å². The van der Waals surface area contributed by atoms with Gasteiger partial charge in [0.1, 0.15) is 12.3 Å². The number of esters is 1. The van der Waals surface area contributed by atoms with E-state index in [4.69, 9.17) is 14.0 Å². The Morgan fingerprint density at radius 1 is 1.12 bits per heavy atom. The molecule has 168 valence electrons. The molecule has 0 aliphatic heterocycles. The third kappa shape index (κ3) is 6.12. The topological polar surface area (TPSA) is 150 Å². The number of aromatic nitrogens is 2. The minimum absolute atomic E-state index is 0.0487. The second-order valence-electron chi connectivity index (χ2n) is 6.43. The lowest BCUT2D eigenvalue weighted by Crippen LogP contribution is -2.30. The molecule has 0 unspecified atom stereocenters. The summed E-state index contributed by atoms with van der Waals surface area (Å²) in [5.74, 6) is -0.147. The van der Waals surface area contributed by atoms with E-state index in [9.17, 15) is 18.0 Å². The molecule has 32 heavy (non-hydrogen) atoms. The van der Waals surface area contributed by atoms with E-state index in [-0.39, 0.29) is 23.3 Å². The van der Waals surface area contributed by atoms with Crippen LogP contribution in [0, 0.1) is 0 Å². The molecular formula is C20H20N4O7S. The molecular weight excluding hydrogens is 440 g/mol. The molecule has 0 saturated heterocycles. The predicted molar refractivity (Wildman–Crippen MR) is 112 cm³/mol. The first-order valence-corrected chi connectivity index (χ1v) is 10.7. The van der Waals surface area contributed by atoms with Crippen LogP contribution in [-0.2, 0) is 31.0 Å². The summed E-state index contributed by atoms with van der Waals surface area (Å²) in [6.45, 7) is 0.432. The second-order valence-corrected chi connectivity index (χ2v) is 8.20. The maximum absolute atomic E-state index is 12.3. The number of ether oxygens (including phenoxy) is 2. The first-order chi connectivity index (χ1) is 15.3. The van der Waals surface area contributed by atoms with Gasteiger partial charge in [0, 0.05) is 18.2 Å². The van der Waals surface area contributed by atoms with Crippen molar-refractivity contribution in [3.8, 4) is 17.1 Å². The van der Waals surface area contributed by atoms with Gasteiger partial charge in [0.25, 0.3) is 5.89 Å². The summed E-state index contributed by atoms with van der Waals surface area (Å²) in [6.07, 6.45) is 0. The van der Waals surface area contributed by atoms with Crippen LogP contribution in [0.2, 0.25) is 0 Å². The van der Waals surface area contributed by atoms with E-state index in [1.807, 2.05) is 0 Å². The van der Waals surface area contributed by atoms with Crippen molar-refractivity contribution in [3.05, 3.63) is 54.4 Å². The first-order valence-electron chi connectivity index (χ1n) is 9.27. The normalized spacial score (nSPS) is 11.1. The zero-order valence-corrected chi connectivity index (χ0v) is 18.0. The van der Waals surface area contributed by atoms with Gasteiger partial charge in [0.05, 0.1) is 12.0 Å². The van der Waals surface area contributed by atoms with Gasteiger partial charge in [-0.15, -0.1) is 0 Å². The number of carbonyl (C=O) groups is 2. The van der Waals surface area contributed by atoms with E-state index in [1.165, 1.54) is 38.3 Å². The van der Waals surface area contributed by atoms with Crippen LogP contribution in [0.15, 0.2) is 57.9 Å². The molecule has 12 heteroatoms. The van der Waals surface area contributed by atoms with Crippen LogP contribution in [0.25, 0.3) is 11.4 Å². The number of methoxy groups -OCH3 is 1. The SMILES string of the molecule is COc1cccc(-c2noc(COC(=O)CNS(=O)(=O)c3ccc(NC(C)=O)cc3)n2)c1. The Morgan fingerprint density at radius 2 is 1.88 bits per heavy atom. The van der Waals surface area contributed by atoms with Gasteiger partial charge in [-0.25, -0.2) is 8.42 Å². The lowest BCUT2D eigenvalue weighted by atomic mass is 10.2. The zero-order chi connectivity index (χ0) is 23.1. The van der Waals surface area contributed by atoms with Crippen LogP contribution >= 0.6 is 0 Å². The summed E-state index contributed by atoms with van der Waals surface area (Å²) in [7, 11) is -2.41. The van der Waals surface area contributed by atoms with Gasteiger partial charge >= 0.3 is 5.97 Å². The molecule has 2 aromatic carbocycles. The van der Waals surface area contributed by atoms with E-state index >= 15 is 0 Å². The summed E-state index contributed by atoms with van der Waals surface area (Å²) in [5.41, 5.74) is 1.10. The standard InChI is InChI=1S/C20H20N4O7S/c1-13(25)22-15-6-8-17(9-7-15)32(27,28)21-11-19(26)30-12-18-23-20(24-31-18)14-4-3-5-16(10-14)29-2/h3-10,21H,11-12H2,1-2H3,(H,22,25). The van der Waals surface area contributed by atoms with E-state index in [0.717, 1.165) is 0 Å². The predicted octanol–water partition coefficient (Wildman–Crippen LogP) is 1.73. The number of anilines is 1. The van der Waals surface area contributed by atoms with Gasteiger partial charge in [-0.05, 0) is 36.4 Å². The molecule has 0 spiro atoms. The molecule has 2 N–H and O–H groups in total. The second kappa shape index (κ2) is 10.0. The molecule has 0 aliphatic rings. The Bertz CT molecular complexity index is 1210. The Kier molecular flexibility index (Phi) is 7.18. The van der Waals surface area contributed by atoms with Crippen molar-refractivity contribution in [1.29, 1.82) is 0 Å². The number of benzene rings is 2. The maximum Gasteiger partial charge on any atom is 0.321 e. The number of nitrogens with zero attached hydrogens (tertiary/aromatic N) is 2. The summed E-state index contributed by atoms with van der Waals surface area (Å²) in [6, 6.07) is 12.5. The highest BCUT2D eigenvalue weighted by Crippen LogP contribution is 2.21. The van der Waals surface area contributed by atoms with Gasteiger partial charge in [-0.2, -0.15) is 9.71 Å². The average molecular weight is 460 g/mol. The molecule has 1 heterocycles. The molecule has 0 radical (unpaired) electrons. The molecule has 3 rings (SSSR count). The lowest BCUT2D eigenvalue weighted by Gasteiger charge is -2.07. The van der Waals surface area contributed by atoms with Crippen LogP contribution in [0.4, 0.5) is 5.69 Å². The monoisotopic (exact) mass is 460 g/mol. The Labute approximate surface area is 183 Å². The number of nitrogens with one attached hydrogen (secondary N) is 2. The summed E-state index contributed by atoms with van der Waals surface area (Å²) < 4.78 is 41.9.